The standard InChI is InChI=1S/C13H13Cl2N3O5S2/c1-23-11-7-12(24(2,19)20)16-17-13(11)18(25(3,21)22)10-5-8(14)4-9(15)6-10/h4-7H,1-3H3. The summed E-state index contributed by atoms with van der Waals surface area (Å²) in [5, 5.41) is 7.35. The number of ether oxygens (including phenoxy) is 1. The minimum Gasteiger partial charge on any atom is -0.493 e. The van der Waals surface area contributed by atoms with Gasteiger partial charge in [0.25, 0.3) is 0 Å². The summed E-state index contributed by atoms with van der Waals surface area (Å²) in [4.78, 5) is 0. The number of methoxy groups -OCH3 is 1. The van der Waals surface area contributed by atoms with Gasteiger partial charge in [-0.05, 0) is 18.2 Å². The van der Waals surface area contributed by atoms with Crippen molar-refractivity contribution in [2.24, 2.45) is 0 Å². The van der Waals surface area contributed by atoms with E-state index in [9.17, 15) is 16.8 Å². The van der Waals surface area contributed by atoms with Gasteiger partial charge in [0.05, 0.1) is 19.1 Å². The fraction of sp³-hybridized carbons (Fsp3) is 0.231. The summed E-state index contributed by atoms with van der Waals surface area (Å²) in [6.45, 7) is 0. The van der Waals surface area contributed by atoms with Crippen LogP contribution in [0.2, 0.25) is 10.0 Å². The molecule has 136 valence electrons. The van der Waals surface area contributed by atoms with Gasteiger partial charge in [-0.25, -0.2) is 21.1 Å². The van der Waals surface area contributed by atoms with E-state index in [2.05, 4.69) is 10.2 Å². The number of anilines is 2. The van der Waals surface area contributed by atoms with E-state index >= 15 is 0 Å². The van der Waals surface area contributed by atoms with Gasteiger partial charge in [-0.3, -0.25) is 0 Å². The van der Waals surface area contributed by atoms with Crippen molar-refractivity contribution < 1.29 is 21.6 Å². The zero-order valence-corrected chi connectivity index (χ0v) is 16.4. The summed E-state index contributed by atoms with van der Waals surface area (Å²) in [5.74, 6) is -0.326. The van der Waals surface area contributed by atoms with Crippen molar-refractivity contribution in [3.8, 4) is 5.75 Å². The monoisotopic (exact) mass is 425 g/mol. The molecule has 2 rings (SSSR count). The van der Waals surface area contributed by atoms with E-state index in [0.29, 0.717) is 0 Å². The maximum atomic E-state index is 12.3. The van der Waals surface area contributed by atoms with Crippen molar-refractivity contribution in [2.75, 3.05) is 23.9 Å². The predicted molar refractivity (Wildman–Crippen MR) is 95.1 cm³/mol. The molecule has 1 aromatic heterocycles. The molecular weight excluding hydrogens is 413 g/mol. The van der Waals surface area contributed by atoms with E-state index < -0.39 is 19.9 Å². The number of rotatable bonds is 5. The number of sulfonamides is 1. The van der Waals surface area contributed by atoms with Crippen LogP contribution in [0.1, 0.15) is 0 Å². The second-order valence-electron chi connectivity index (χ2n) is 5.00. The lowest BCUT2D eigenvalue weighted by atomic mass is 10.3. The lowest BCUT2D eigenvalue weighted by Gasteiger charge is -2.23. The van der Waals surface area contributed by atoms with Gasteiger partial charge in [0.2, 0.25) is 15.8 Å². The molecule has 0 amide bonds. The van der Waals surface area contributed by atoms with Crippen molar-refractivity contribution in [3.63, 3.8) is 0 Å². The molecule has 0 unspecified atom stereocenters. The molecular formula is C13H13Cl2N3O5S2. The quantitative estimate of drug-likeness (QED) is 0.722. The van der Waals surface area contributed by atoms with Crippen LogP contribution in [0.4, 0.5) is 11.5 Å². The van der Waals surface area contributed by atoms with Gasteiger partial charge in [0.1, 0.15) is 0 Å². The Balaban J connectivity index is 2.76. The van der Waals surface area contributed by atoms with Crippen LogP contribution in [-0.2, 0) is 19.9 Å². The van der Waals surface area contributed by atoms with E-state index in [4.69, 9.17) is 27.9 Å². The molecule has 0 fully saturated rings. The second kappa shape index (κ2) is 6.94. The Hall–Kier alpha value is -1.62. The van der Waals surface area contributed by atoms with E-state index in [0.717, 1.165) is 22.9 Å². The maximum Gasteiger partial charge on any atom is 0.237 e. The number of hydrogen-bond donors (Lipinski definition) is 0. The molecule has 0 bridgehead atoms. The van der Waals surface area contributed by atoms with Crippen LogP contribution < -0.4 is 9.04 Å². The third-order valence-electron chi connectivity index (χ3n) is 2.92. The number of hydrogen-bond acceptors (Lipinski definition) is 7. The normalized spacial score (nSPS) is 12.0. The molecule has 0 spiro atoms. The van der Waals surface area contributed by atoms with Crippen molar-refractivity contribution in [3.05, 3.63) is 34.3 Å². The van der Waals surface area contributed by atoms with Crippen LogP contribution in [0.3, 0.4) is 0 Å². The molecule has 12 heteroatoms. The Morgan fingerprint density at radius 3 is 1.96 bits per heavy atom. The zero-order chi connectivity index (χ0) is 19.0. The number of nitrogens with zero attached hydrogens (tertiary/aromatic N) is 3. The lowest BCUT2D eigenvalue weighted by molar-refractivity contribution is 0.410. The average molecular weight is 426 g/mol. The van der Waals surface area contributed by atoms with Crippen molar-refractivity contribution in [2.45, 2.75) is 5.03 Å². The summed E-state index contributed by atoms with van der Waals surface area (Å²) in [6.07, 6.45) is 1.88. The zero-order valence-electron chi connectivity index (χ0n) is 13.3. The minimum atomic E-state index is -3.90. The van der Waals surface area contributed by atoms with E-state index in [1.165, 1.54) is 25.3 Å². The highest BCUT2D eigenvalue weighted by molar-refractivity contribution is 7.92. The number of benzene rings is 1. The summed E-state index contributed by atoms with van der Waals surface area (Å²) in [7, 11) is -6.31. The van der Waals surface area contributed by atoms with Crippen LogP contribution in [0.25, 0.3) is 0 Å². The van der Waals surface area contributed by atoms with Gasteiger partial charge >= 0.3 is 0 Å². The number of aromatic nitrogens is 2. The first-order chi connectivity index (χ1) is 11.4. The first-order valence-electron chi connectivity index (χ1n) is 6.51. The van der Waals surface area contributed by atoms with Gasteiger partial charge in [0.15, 0.2) is 20.6 Å². The Labute approximate surface area is 155 Å². The van der Waals surface area contributed by atoms with Crippen molar-refractivity contribution in [1.82, 2.24) is 10.2 Å². The SMILES string of the molecule is COc1cc(S(C)(=O)=O)nnc1N(c1cc(Cl)cc(Cl)c1)S(C)(=O)=O. The first kappa shape index (κ1) is 19.7. The third kappa shape index (κ3) is 4.51. The topological polar surface area (TPSA) is 107 Å². The van der Waals surface area contributed by atoms with Gasteiger partial charge in [-0.2, -0.15) is 0 Å². The summed E-state index contributed by atoms with van der Waals surface area (Å²) < 4.78 is 53.7. The Bertz CT molecular complexity index is 1010. The molecule has 0 radical (unpaired) electrons. The molecule has 0 N–H and O–H groups in total. The maximum absolute atomic E-state index is 12.3. The summed E-state index contributed by atoms with van der Waals surface area (Å²) in [5.41, 5.74) is 0.0969. The van der Waals surface area contributed by atoms with Gasteiger partial charge in [-0.15, -0.1) is 10.2 Å². The van der Waals surface area contributed by atoms with Gasteiger partial charge in [-0.1, -0.05) is 23.2 Å². The van der Waals surface area contributed by atoms with Crippen LogP contribution in [0.15, 0.2) is 29.3 Å². The minimum absolute atomic E-state index is 0.0969. The average Bonchev–Trinajstić information content (AvgIpc) is 2.44. The van der Waals surface area contributed by atoms with Crippen molar-refractivity contribution in [1.29, 1.82) is 0 Å². The molecule has 0 aliphatic heterocycles. The summed E-state index contributed by atoms with van der Waals surface area (Å²) in [6, 6.07) is 5.24. The van der Waals surface area contributed by atoms with Crippen LogP contribution in [-0.4, -0.2) is 46.7 Å². The van der Waals surface area contributed by atoms with Crippen LogP contribution in [0.5, 0.6) is 5.75 Å². The highest BCUT2D eigenvalue weighted by Gasteiger charge is 2.27. The Kier molecular flexibility index (Phi) is 5.47. The van der Waals surface area contributed by atoms with E-state index in [-0.39, 0.29) is 32.3 Å². The van der Waals surface area contributed by atoms with Crippen LogP contribution >= 0.6 is 23.2 Å². The lowest BCUT2D eigenvalue weighted by Crippen LogP contribution is -2.26. The first-order valence-corrected chi connectivity index (χ1v) is 11.0. The molecule has 0 atom stereocenters. The Morgan fingerprint density at radius 1 is 0.960 bits per heavy atom. The highest BCUT2D eigenvalue weighted by atomic mass is 35.5. The molecule has 1 heterocycles. The highest BCUT2D eigenvalue weighted by Crippen LogP contribution is 2.36. The molecule has 8 nitrogen and oxygen atoms in total. The molecule has 0 aliphatic carbocycles. The molecule has 2 aromatic rings. The van der Waals surface area contributed by atoms with E-state index in [1.807, 2.05) is 0 Å². The van der Waals surface area contributed by atoms with E-state index in [1.54, 1.807) is 0 Å². The molecule has 25 heavy (non-hydrogen) atoms. The molecule has 0 saturated carbocycles. The number of sulfone groups is 1. The smallest absolute Gasteiger partial charge is 0.237 e. The largest absolute Gasteiger partial charge is 0.493 e. The fourth-order valence-electron chi connectivity index (χ4n) is 1.95. The van der Waals surface area contributed by atoms with Gasteiger partial charge in [0, 0.05) is 22.4 Å². The van der Waals surface area contributed by atoms with Crippen molar-refractivity contribution >= 4 is 54.6 Å². The second-order valence-corrected chi connectivity index (χ2v) is 9.67. The summed E-state index contributed by atoms with van der Waals surface area (Å²) >= 11 is 11.9. The third-order valence-corrected chi connectivity index (χ3v) is 5.37. The Morgan fingerprint density at radius 2 is 1.52 bits per heavy atom. The molecule has 0 saturated heterocycles. The van der Waals surface area contributed by atoms with Gasteiger partial charge < -0.3 is 4.74 Å². The molecule has 1 aromatic carbocycles. The predicted octanol–water partition coefficient (Wildman–Crippen LogP) is 2.29. The fourth-order valence-corrected chi connectivity index (χ4v) is 3.90. The van der Waals surface area contributed by atoms with Crippen LogP contribution in [0, 0.1) is 0 Å². The molecule has 0 aliphatic rings. The number of halogens is 2.